The van der Waals surface area contributed by atoms with Crippen molar-refractivity contribution >= 4 is 17.8 Å². The standard InChI is InChI=1S/C22H22N4O3/c1-15-6-4-5-7-21(15)25-16(2)12-19(17(25)3)14-23-24-22(27)13-18-8-10-20(11-9-18)26(28)29/h4-12,14H,13H2,1-3H3,(H,24,27)/b23-14-. The first-order valence-electron chi connectivity index (χ1n) is 9.17. The van der Waals surface area contributed by atoms with Crippen LogP contribution in [0.1, 0.15) is 28.1 Å². The molecule has 0 aliphatic rings. The molecule has 0 aliphatic carbocycles. The molecule has 29 heavy (non-hydrogen) atoms. The number of carbonyl (C=O) groups excluding carboxylic acids is 1. The van der Waals surface area contributed by atoms with E-state index in [1.165, 1.54) is 17.7 Å². The molecule has 2 aromatic carbocycles. The fourth-order valence-corrected chi connectivity index (χ4v) is 3.24. The highest BCUT2D eigenvalue weighted by Crippen LogP contribution is 2.22. The Labute approximate surface area is 168 Å². The number of amides is 1. The number of hydrogen-bond donors (Lipinski definition) is 1. The third-order valence-corrected chi connectivity index (χ3v) is 4.73. The number of non-ortho nitro benzene ring substituents is 1. The summed E-state index contributed by atoms with van der Waals surface area (Å²) in [5, 5.41) is 14.7. The van der Waals surface area contributed by atoms with Crippen molar-refractivity contribution in [2.45, 2.75) is 27.2 Å². The summed E-state index contributed by atoms with van der Waals surface area (Å²) < 4.78 is 2.16. The molecule has 3 aromatic rings. The van der Waals surface area contributed by atoms with Gasteiger partial charge in [-0.2, -0.15) is 5.10 Å². The van der Waals surface area contributed by atoms with Crippen LogP contribution >= 0.6 is 0 Å². The Morgan fingerprint density at radius 3 is 2.48 bits per heavy atom. The molecule has 1 heterocycles. The van der Waals surface area contributed by atoms with Gasteiger partial charge in [-0.15, -0.1) is 0 Å². The third kappa shape index (κ3) is 4.57. The molecule has 0 spiro atoms. The van der Waals surface area contributed by atoms with E-state index in [1.54, 1.807) is 18.3 Å². The quantitative estimate of drug-likeness (QED) is 0.392. The normalized spacial score (nSPS) is 11.0. The van der Waals surface area contributed by atoms with Crippen LogP contribution in [0.25, 0.3) is 5.69 Å². The molecule has 0 saturated heterocycles. The van der Waals surface area contributed by atoms with E-state index >= 15 is 0 Å². The molecular formula is C22H22N4O3. The van der Waals surface area contributed by atoms with Gasteiger partial charge in [0.1, 0.15) is 0 Å². The van der Waals surface area contributed by atoms with E-state index in [9.17, 15) is 14.9 Å². The van der Waals surface area contributed by atoms with E-state index in [4.69, 9.17) is 0 Å². The number of aromatic nitrogens is 1. The second-order valence-electron chi connectivity index (χ2n) is 6.84. The van der Waals surface area contributed by atoms with Crippen molar-refractivity contribution in [3.8, 4) is 5.69 Å². The lowest BCUT2D eigenvalue weighted by molar-refractivity contribution is -0.384. The summed E-state index contributed by atoms with van der Waals surface area (Å²) in [6.45, 7) is 6.11. The summed E-state index contributed by atoms with van der Waals surface area (Å²) in [5.74, 6) is -0.289. The number of nitro benzene ring substituents is 1. The zero-order valence-electron chi connectivity index (χ0n) is 16.5. The molecule has 7 nitrogen and oxygen atoms in total. The van der Waals surface area contributed by atoms with Crippen molar-refractivity contribution in [2.75, 3.05) is 0 Å². The summed E-state index contributed by atoms with van der Waals surface area (Å²) in [6, 6.07) is 16.1. The Bertz CT molecular complexity index is 1080. The number of aryl methyl sites for hydroxylation is 2. The highest BCUT2D eigenvalue weighted by Gasteiger charge is 2.11. The number of nitrogens with zero attached hydrogens (tertiary/aromatic N) is 3. The molecule has 3 rings (SSSR count). The SMILES string of the molecule is Cc1ccccc1-n1c(C)cc(/C=N\NC(=O)Cc2ccc([N+](=O)[O-])cc2)c1C. The van der Waals surface area contributed by atoms with Crippen LogP contribution in [0.4, 0.5) is 5.69 Å². The molecule has 0 fully saturated rings. The second-order valence-corrected chi connectivity index (χ2v) is 6.84. The number of hydrazone groups is 1. The summed E-state index contributed by atoms with van der Waals surface area (Å²) in [7, 11) is 0. The first-order valence-corrected chi connectivity index (χ1v) is 9.17. The molecule has 0 bridgehead atoms. The van der Waals surface area contributed by atoms with Gasteiger partial charge in [-0.1, -0.05) is 30.3 Å². The minimum atomic E-state index is -0.471. The molecule has 0 aliphatic heterocycles. The van der Waals surface area contributed by atoms with Crippen molar-refractivity contribution in [2.24, 2.45) is 5.10 Å². The fraction of sp³-hybridized carbons (Fsp3) is 0.182. The Balaban J connectivity index is 1.67. The van der Waals surface area contributed by atoms with Crippen LogP contribution in [0.5, 0.6) is 0 Å². The fourth-order valence-electron chi connectivity index (χ4n) is 3.24. The van der Waals surface area contributed by atoms with Crippen molar-refractivity contribution in [3.63, 3.8) is 0 Å². The first kappa shape index (κ1) is 20.0. The maximum absolute atomic E-state index is 12.1. The van der Waals surface area contributed by atoms with E-state index < -0.39 is 4.92 Å². The highest BCUT2D eigenvalue weighted by atomic mass is 16.6. The highest BCUT2D eigenvalue weighted by molar-refractivity contribution is 5.85. The zero-order valence-corrected chi connectivity index (χ0v) is 16.5. The maximum atomic E-state index is 12.1. The van der Waals surface area contributed by atoms with E-state index in [0.29, 0.717) is 5.56 Å². The monoisotopic (exact) mass is 390 g/mol. The van der Waals surface area contributed by atoms with Gasteiger partial charge in [0.25, 0.3) is 5.69 Å². The third-order valence-electron chi connectivity index (χ3n) is 4.73. The number of benzene rings is 2. The largest absolute Gasteiger partial charge is 0.318 e. The van der Waals surface area contributed by atoms with Crippen molar-refractivity contribution in [1.82, 2.24) is 9.99 Å². The second kappa shape index (κ2) is 8.52. The van der Waals surface area contributed by atoms with Gasteiger partial charge in [-0.05, 0) is 44.0 Å². The molecule has 1 aromatic heterocycles. The summed E-state index contributed by atoms with van der Waals surface area (Å²) in [4.78, 5) is 22.3. The van der Waals surface area contributed by atoms with Crippen LogP contribution in [0.3, 0.4) is 0 Å². The zero-order chi connectivity index (χ0) is 21.0. The van der Waals surface area contributed by atoms with Gasteiger partial charge < -0.3 is 4.57 Å². The van der Waals surface area contributed by atoms with Gasteiger partial charge in [0.2, 0.25) is 5.91 Å². The molecule has 0 saturated carbocycles. The molecule has 0 radical (unpaired) electrons. The Morgan fingerprint density at radius 2 is 1.83 bits per heavy atom. The summed E-state index contributed by atoms with van der Waals surface area (Å²) in [5.41, 5.74) is 8.51. The Morgan fingerprint density at radius 1 is 1.14 bits per heavy atom. The number of nitrogens with one attached hydrogen (secondary N) is 1. The van der Waals surface area contributed by atoms with Gasteiger partial charge in [0.05, 0.1) is 17.6 Å². The number of nitro groups is 1. The van der Waals surface area contributed by atoms with E-state index in [2.05, 4.69) is 34.2 Å². The topological polar surface area (TPSA) is 89.5 Å². The predicted octanol–water partition coefficient (Wildman–Crippen LogP) is 4.00. The molecule has 0 unspecified atom stereocenters. The van der Waals surface area contributed by atoms with Crippen LogP contribution < -0.4 is 5.43 Å². The van der Waals surface area contributed by atoms with Gasteiger partial charge in [-0.25, -0.2) is 5.43 Å². The summed E-state index contributed by atoms with van der Waals surface area (Å²) >= 11 is 0. The maximum Gasteiger partial charge on any atom is 0.269 e. The molecule has 1 amide bonds. The van der Waals surface area contributed by atoms with Crippen LogP contribution in [-0.4, -0.2) is 21.6 Å². The number of hydrogen-bond acceptors (Lipinski definition) is 4. The average molecular weight is 390 g/mol. The molecule has 7 heteroatoms. The molecular weight excluding hydrogens is 368 g/mol. The molecule has 0 atom stereocenters. The minimum Gasteiger partial charge on any atom is -0.318 e. The molecule has 1 N–H and O–H groups in total. The first-order chi connectivity index (χ1) is 13.9. The predicted molar refractivity (Wildman–Crippen MR) is 113 cm³/mol. The average Bonchev–Trinajstić information content (AvgIpc) is 2.96. The lowest BCUT2D eigenvalue weighted by atomic mass is 10.1. The number of carbonyl (C=O) groups is 1. The van der Waals surface area contributed by atoms with Crippen LogP contribution in [0.15, 0.2) is 59.7 Å². The van der Waals surface area contributed by atoms with E-state index in [1.807, 2.05) is 32.0 Å². The lowest BCUT2D eigenvalue weighted by Crippen LogP contribution is -2.19. The van der Waals surface area contributed by atoms with Gasteiger partial charge >= 0.3 is 0 Å². The molecule has 148 valence electrons. The Hall–Kier alpha value is -3.74. The van der Waals surface area contributed by atoms with Gasteiger partial charge in [-0.3, -0.25) is 14.9 Å². The van der Waals surface area contributed by atoms with Gasteiger partial charge in [0, 0.05) is 34.8 Å². The minimum absolute atomic E-state index is 0.00353. The smallest absolute Gasteiger partial charge is 0.269 e. The van der Waals surface area contributed by atoms with E-state index in [-0.39, 0.29) is 18.0 Å². The number of rotatable bonds is 6. The van der Waals surface area contributed by atoms with Gasteiger partial charge in [0.15, 0.2) is 0 Å². The van der Waals surface area contributed by atoms with Crippen LogP contribution in [0, 0.1) is 30.9 Å². The van der Waals surface area contributed by atoms with Crippen molar-refractivity contribution in [1.29, 1.82) is 0 Å². The van der Waals surface area contributed by atoms with Crippen LogP contribution in [0.2, 0.25) is 0 Å². The van der Waals surface area contributed by atoms with Crippen molar-refractivity contribution < 1.29 is 9.72 Å². The van der Waals surface area contributed by atoms with E-state index in [0.717, 1.165) is 22.6 Å². The van der Waals surface area contributed by atoms with Crippen molar-refractivity contribution in [3.05, 3.63) is 92.8 Å². The summed E-state index contributed by atoms with van der Waals surface area (Å²) in [6.07, 6.45) is 1.72. The lowest BCUT2D eigenvalue weighted by Gasteiger charge is -2.12. The van der Waals surface area contributed by atoms with Crippen LogP contribution in [-0.2, 0) is 11.2 Å². The number of para-hydroxylation sites is 1. The Kier molecular flexibility index (Phi) is 5.87.